The van der Waals surface area contributed by atoms with Gasteiger partial charge in [-0.1, -0.05) is 38.0 Å². The van der Waals surface area contributed by atoms with Crippen LogP contribution in [0.1, 0.15) is 55.5 Å². The number of carbonyl (C=O) groups excluding carboxylic acids is 1. The fourth-order valence-corrected chi connectivity index (χ4v) is 2.89. The van der Waals surface area contributed by atoms with Crippen LogP contribution < -0.4 is 5.56 Å². The van der Waals surface area contributed by atoms with Gasteiger partial charge in [-0.15, -0.1) is 0 Å². The molecule has 4 nitrogen and oxygen atoms in total. The van der Waals surface area contributed by atoms with E-state index in [1.165, 1.54) is 30.0 Å². The SMILES string of the molecule is CCCC/C=C(/c1ccc(C(F)(F)F)cc1)c1c(C)ncn(CC(C)=O)c1=O. The van der Waals surface area contributed by atoms with Gasteiger partial charge in [0.15, 0.2) is 0 Å². The van der Waals surface area contributed by atoms with Crippen molar-refractivity contribution in [3.05, 3.63) is 69.4 Å². The Labute approximate surface area is 161 Å². The molecule has 1 aromatic heterocycles. The number of benzene rings is 1. The zero-order valence-electron chi connectivity index (χ0n) is 16.1. The summed E-state index contributed by atoms with van der Waals surface area (Å²) >= 11 is 0. The maximum Gasteiger partial charge on any atom is 0.416 e. The molecule has 1 aromatic carbocycles. The van der Waals surface area contributed by atoms with Crippen LogP contribution >= 0.6 is 0 Å². The Balaban J connectivity index is 2.61. The zero-order chi connectivity index (χ0) is 20.9. The largest absolute Gasteiger partial charge is 0.416 e. The average Bonchev–Trinajstić information content (AvgIpc) is 2.62. The van der Waals surface area contributed by atoms with E-state index in [2.05, 4.69) is 4.98 Å². The van der Waals surface area contributed by atoms with Crippen molar-refractivity contribution in [1.82, 2.24) is 9.55 Å². The van der Waals surface area contributed by atoms with Gasteiger partial charge < -0.3 is 0 Å². The lowest BCUT2D eigenvalue weighted by molar-refractivity contribution is -0.137. The quantitative estimate of drug-likeness (QED) is 0.637. The summed E-state index contributed by atoms with van der Waals surface area (Å²) in [5.41, 5.74) is 0.681. The van der Waals surface area contributed by atoms with Crippen LogP contribution in [-0.2, 0) is 17.5 Å². The van der Waals surface area contributed by atoms with Crippen molar-refractivity contribution < 1.29 is 18.0 Å². The van der Waals surface area contributed by atoms with Gasteiger partial charge in [-0.25, -0.2) is 4.98 Å². The molecule has 0 amide bonds. The highest BCUT2D eigenvalue weighted by Crippen LogP contribution is 2.31. The Morgan fingerprint density at radius 2 is 1.86 bits per heavy atom. The predicted octanol–water partition coefficient (Wildman–Crippen LogP) is 4.78. The second-order valence-corrected chi connectivity index (χ2v) is 6.68. The van der Waals surface area contributed by atoms with E-state index in [1.807, 2.05) is 13.0 Å². The van der Waals surface area contributed by atoms with Gasteiger partial charge in [0.2, 0.25) is 0 Å². The van der Waals surface area contributed by atoms with Crippen molar-refractivity contribution >= 4 is 11.4 Å². The van der Waals surface area contributed by atoms with Crippen molar-refractivity contribution in [1.29, 1.82) is 0 Å². The molecule has 1 heterocycles. The average molecular weight is 392 g/mol. The van der Waals surface area contributed by atoms with E-state index in [1.54, 1.807) is 6.92 Å². The molecule has 0 bridgehead atoms. The summed E-state index contributed by atoms with van der Waals surface area (Å²) in [4.78, 5) is 28.6. The van der Waals surface area contributed by atoms with E-state index in [-0.39, 0.29) is 17.9 Å². The number of ketones is 1. The maximum absolute atomic E-state index is 12.9. The number of carbonyl (C=O) groups is 1. The standard InChI is InChI=1S/C21H23F3N2O2/c1-4-5-6-7-18(16-8-10-17(11-9-16)21(22,23)24)19-15(3)25-13-26(20(19)28)12-14(2)27/h7-11,13H,4-6,12H2,1-3H3/b18-7-. The highest BCUT2D eigenvalue weighted by molar-refractivity contribution is 5.81. The van der Waals surface area contributed by atoms with E-state index in [0.29, 0.717) is 28.8 Å². The number of hydrogen-bond acceptors (Lipinski definition) is 3. The van der Waals surface area contributed by atoms with E-state index in [9.17, 15) is 22.8 Å². The van der Waals surface area contributed by atoms with Crippen molar-refractivity contribution in [3.8, 4) is 0 Å². The minimum atomic E-state index is -4.43. The van der Waals surface area contributed by atoms with E-state index >= 15 is 0 Å². The normalized spacial score (nSPS) is 12.3. The molecule has 0 atom stereocenters. The lowest BCUT2D eigenvalue weighted by Crippen LogP contribution is -2.27. The summed E-state index contributed by atoms with van der Waals surface area (Å²) < 4.78 is 39.9. The van der Waals surface area contributed by atoms with Crippen LogP contribution in [0.3, 0.4) is 0 Å². The molecular formula is C21H23F3N2O2. The van der Waals surface area contributed by atoms with E-state index in [0.717, 1.165) is 25.0 Å². The van der Waals surface area contributed by atoms with E-state index in [4.69, 9.17) is 0 Å². The number of aromatic nitrogens is 2. The van der Waals surface area contributed by atoms with Gasteiger partial charge in [0.05, 0.1) is 29.7 Å². The minimum Gasteiger partial charge on any atom is -0.298 e. The summed E-state index contributed by atoms with van der Waals surface area (Å²) in [5.74, 6) is -0.190. The first kappa shape index (κ1) is 21.6. The molecule has 0 fully saturated rings. The monoisotopic (exact) mass is 392 g/mol. The number of unbranched alkanes of at least 4 members (excludes halogenated alkanes) is 2. The number of rotatable bonds is 7. The smallest absolute Gasteiger partial charge is 0.298 e. The molecule has 0 unspecified atom stereocenters. The molecule has 0 aliphatic rings. The van der Waals surface area contributed by atoms with Crippen molar-refractivity contribution in [3.63, 3.8) is 0 Å². The molecule has 0 saturated carbocycles. The Morgan fingerprint density at radius 1 is 1.21 bits per heavy atom. The molecule has 2 aromatic rings. The van der Waals surface area contributed by atoms with Gasteiger partial charge in [0, 0.05) is 0 Å². The fourth-order valence-electron chi connectivity index (χ4n) is 2.89. The molecule has 7 heteroatoms. The molecule has 0 spiro atoms. The number of halogens is 3. The number of Topliss-reactive ketones (excluding diaryl/α,β-unsaturated/α-hetero) is 1. The van der Waals surface area contributed by atoms with Gasteiger partial charge in [-0.3, -0.25) is 14.2 Å². The van der Waals surface area contributed by atoms with Gasteiger partial charge in [-0.05, 0) is 43.5 Å². The molecule has 0 saturated heterocycles. The van der Waals surface area contributed by atoms with Gasteiger partial charge in [0.1, 0.15) is 5.78 Å². The first-order valence-electron chi connectivity index (χ1n) is 9.08. The Morgan fingerprint density at radius 3 is 2.39 bits per heavy atom. The van der Waals surface area contributed by atoms with Crippen molar-refractivity contribution in [2.75, 3.05) is 0 Å². The highest BCUT2D eigenvalue weighted by atomic mass is 19.4. The summed E-state index contributed by atoms with van der Waals surface area (Å²) in [5, 5.41) is 0. The lowest BCUT2D eigenvalue weighted by atomic mass is 9.95. The molecule has 150 valence electrons. The molecule has 0 aliphatic carbocycles. The van der Waals surface area contributed by atoms with Crippen molar-refractivity contribution in [2.45, 2.75) is 52.8 Å². The Kier molecular flexibility index (Phi) is 6.94. The predicted molar refractivity (Wildman–Crippen MR) is 102 cm³/mol. The van der Waals surface area contributed by atoms with Crippen LogP contribution in [0.25, 0.3) is 5.57 Å². The third kappa shape index (κ3) is 5.18. The van der Waals surface area contributed by atoms with Crippen LogP contribution in [0, 0.1) is 6.92 Å². The Bertz CT molecular complexity index is 926. The molecule has 2 rings (SSSR count). The highest BCUT2D eigenvalue weighted by Gasteiger charge is 2.30. The number of allylic oxidation sites excluding steroid dienone is 1. The molecule has 0 radical (unpaired) electrons. The fraction of sp³-hybridized carbons (Fsp3) is 0.381. The van der Waals surface area contributed by atoms with Gasteiger partial charge in [0.25, 0.3) is 5.56 Å². The van der Waals surface area contributed by atoms with Crippen LogP contribution in [0.4, 0.5) is 13.2 Å². The third-order valence-electron chi connectivity index (χ3n) is 4.32. The van der Waals surface area contributed by atoms with Gasteiger partial charge in [-0.2, -0.15) is 13.2 Å². The topological polar surface area (TPSA) is 52.0 Å². The van der Waals surface area contributed by atoms with Crippen LogP contribution in [0.5, 0.6) is 0 Å². The second-order valence-electron chi connectivity index (χ2n) is 6.68. The summed E-state index contributed by atoms with van der Waals surface area (Å²) in [6, 6.07) is 4.73. The first-order valence-corrected chi connectivity index (χ1v) is 9.08. The number of aryl methyl sites for hydroxylation is 1. The molecule has 28 heavy (non-hydrogen) atoms. The van der Waals surface area contributed by atoms with Gasteiger partial charge >= 0.3 is 6.18 Å². The second kappa shape index (κ2) is 8.99. The zero-order valence-corrected chi connectivity index (χ0v) is 16.1. The molecule has 0 N–H and O–H groups in total. The maximum atomic E-state index is 12.9. The summed E-state index contributed by atoms with van der Waals surface area (Å²) in [7, 11) is 0. The first-order chi connectivity index (χ1) is 13.1. The Hall–Kier alpha value is -2.70. The van der Waals surface area contributed by atoms with Crippen LogP contribution in [0.15, 0.2) is 41.5 Å². The summed E-state index contributed by atoms with van der Waals surface area (Å²) in [6.07, 6.45) is 1.24. The minimum absolute atomic E-state index is 0.103. The van der Waals surface area contributed by atoms with Crippen molar-refractivity contribution in [2.24, 2.45) is 0 Å². The number of nitrogens with zero attached hydrogens (tertiary/aromatic N) is 2. The number of alkyl halides is 3. The lowest BCUT2D eigenvalue weighted by Gasteiger charge is -2.14. The third-order valence-corrected chi connectivity index (χ3v) is 4.32. The molecule has 0 aliphatic heterocycles. The number of hydrogen-bond donors (Lipinski definition) is 0. The summed E-state index contributed by atoms with van der Waals surface area (Å²) in [6.45, 7) is 4.97. The van der Waals surface area contributed by atoms with Crippen LogP contribution in [0.2, 0.25) is 0 Å². The van der Waals surface area contributed by atoms with Crippen LogP contribution in [-0.4, -0.2) is 15.3 Å². The van der Waals surface area contributed by atoms with E-state index < -0.39 is 11.7 Å². The molecular weight excluding hydrogens is 369 g/mol.